The number of ether oxygens (including phenoxy) is 2. The topological polar surface area (TPSA) is 106 Å². The van der Waals surface area contributed by atoms with Gasteiger partial charge in [-0.3, -0.25) is 25.0 Å². The van der Waals surface area contributed by atoms with Gasteiger partial charge in [-0.1, -0.05) is 24.3 Å². The van der Waals surface area contributed by atoms with Crippen molar-refractivity contribution < 1.29 is 23.9 Å². The third kappa shape index (κ3) is 5.17. The van der Waals surface area contributed by atoms with Gasteiger partial charge in [-0.15, -0.1) is 0 Å². The largest absolute Gasteiger partial charge is 0.493 e. The van der Waals surface area contributed by atoms with Crippen LogP contribution in [0.15, 0.2) is 54.1 Å². The lowest BCUT2D eigenvalue weighted by atomic mass is 10.1. The molecule has 0 saturated carbocycles. The van der Waals surface area contributed by atoms with E-state index in [0.29, 0.717) is 22.7 Å². The quantitative estimate of drug-likeness (QED) is 0.379. The molecule has 0 aliphatic carbocycles. The van der Waals surface area contributed by atoms with Crippen LogP contribution in [0.2, 0.25) is 0 Å². The minimum atomic E-state index is -0.587. The van der Waals surface area contributed by atoms with Crippen molar-refractivity contribution in [3.63, 3.8) is 0 Å². The van der Waals surface area contributed by atoms with Gasteiger partial charge in [0.25, 0.3) is 17.7 Å². The second kappa shape index (κ2) is 8.98. The Hall–Kier alpha value is -3.72. The molecule has 1 saturated heterocycles. The monoisotopic (exact) mass is 411 g/mol. The minimum absolute atomic E-state index is 0.0349. The number of amides is 3. The van der Waals surface area contributed by atoms with Crippen LogP contribution in [0.1, 0.15) is 5.56 Å². The summed E-state index contributed by atoms with van der Waals surface area (Å²) in [6.45, 7) is -0.214. The molecule has 0 atom stereocenters. The van der Waals surface area contributed by atoms with Gasteiger partial charge in [-0.05, 0) is 48.1 Å². The molecule has 2 aromatic rings. The Morgan fingerprint density at radius 1 is 1.07 bits per heavy atom. The molecule has 148 valence electrons. The smallest absolute Gasteiger partial charge is 0.263 e. The summed E-state index contributed by atoms with van der Waals surface area (Å²) >= 11 is 4.76. The second-order valence-corrected chi connectivity index (χ2v) is 6.32. The first-order chi connectivity index (χ1) is 14.0. The lowest BCUT2D eigenvalue weighted by molar-refractivity contribution is -0.123. The number of anilines is 1. The molecule has 1 aliphatic rings. The number of hydrogen-bond donors (Lipinski definition) is 3. The first kappa shape index (κ1) is 20.0. The zero-order chi connectivity index (χ0) is 20.8. The van der Waals surface area contributed by atoms with Crippen molar-refractivity contribution in [1.29, 1.82) is 0 Å². The third-order valence-electron chi connectivity index (χ3n) is 3.86. The number of methoxy groups -OCH3 is 1. The van der Waals surface area contributed by atoms with Crippen LogP contribution < -0.4 is 25.4 Å². The fraction of sp³-hybridized carbons (Fsp3) is 0.100. The van der Waals surface area contributed by atoms with Gasteiger partial charge in [-0.2, -0.15) is 0 Å². The first-order valence-corrected chi connectivity index (χ1v) is 8.91. The van der Waals surface area contributed by atoms with E-state index in [1.54, 1.807) is 30.3 Å². The van der Waals surface area contributed by atoms with Crippen molar-refractivity contribution >= 4 is 46.8 Å². The van der Waals surface area contributed by atoms with E-state index in [-0.39, 0.29) is 23.2 Å². The number of benzene rings is 2. The van der Waals surface area contributed by atoms with Crippen LogP contribution in [0.3, 0.4) is 0 Å². The molecule has 1 fully saturated rings. The predicted molar refractivity (Wildman–Crippen MR) is 110 cm³/mol. The zero-order valence-corrected chi connectivity index (χ0v) is 16.2. The van der Waals surface area contributed by atoms with Gasteiger partial charge in [0.2, 0.25) is 0 Å². The normalized spacial score (nSPS) is 13.3. The summed E-state index contributed by atoms with van der Waals surface area (Å²) in [6, 6.07) is 13.8. The summed E-state index contributed by atoms with van der Waals surface area (Å²) in [7, 11) is 1.45. The maximum Gasteiger partial charge on any atom is 0.263 e. The van der Waals surface area contributed by atoms with Crippen molar-refractivity contribution in [2.45, 2.75) is 0 Å². The Morgan fingerprint density at radius 3 is 2.41 bits per heavy atom. The molecule has 1 aliphatic heterocycles. The molecule has 0 unspecified atom stereocenters. The summed E-state index contributed by atoms with van der Waals surface area (Å²) < 4.78 is 10.8. The summed E-state index contributed by atoms with van der Waals surface area (Å²) in [6.07, 6.45) is 1.40. The second-order valence-electron chi connectivity index (χ2n) is 5.91. The van der Waals surface area contributed by atoms with Crippen molar-refractivity contribution in [3.05, 3.63) is 59.7 Å². The molecule has 3 amide bonds. The zero-order valence-electron chi connectivity index (χ0n) is 15.4. The van der Waals surface area contributed by atoms with Crippen molar-refractivity contribution in [2.24, 2.45) is 0 Å². The van der Waals surface area contributed by atoms with Gasteiger partial charge in [0.1, 0.15) is 5.57 Å². The van der Waals surface area contributed by atoms with Crippen LogP contribution in [0, 0.1) is 0 Å². The molecule has 0 aromatic heterocycles. The van der Waals surface area contributed by atoms with Crippen LogP contribution in [-0.2, 0) is 14.4 Å². The van der Waals surface area contributed by atoms with E-state index < -0.39 is 11.8 Å². The molecular weight excluding hydrogens is 394 g/mol. The van der Waals surface area contributed by atoms with E-state index >= 15 is 0 Å². The number of thiocarbonyl (C=S) groups is 1. The van der Waals surface area contributed by atoms with Crippen LogP contribution in [0.5, 0.6) is 11.5 Å². The van der Waals surface area contributed by atoms with Crippen LogP contribution in [0.25, 0.3) is 6.08 Å². The Kier molecular flexibility index (Phi) is 6.20. The SMILES string of the molecule is COc1cc(C=C2C(=O)NC(=S)NC2=O)ccc1OCC(=O)Nc1ccccc1. The van der Waals surface area contributed by atoms with Crippen molar-refractivity contribution in [3.8, 4) is 11.5 Å². The van der Waals surface area contributed by atoms with Gasteiger partial charge in [0.05, 0.1) is 7.11 Å². The summed E-state index contributed by atoms with van der Waals surface area (Å²) in [4.78, 5) is 35.9. The molecule has 29 heavy (non-hydrogen) atoms. The maximum atomic E-state index is 12.0. The number of carbonyl (C=O) groups is 3. The predicted octanol–water partition coefficient (Wildman–Crippen LogP) is 1.63. The molecule has 0 bridgehead atoms. The molecule has 0 radical (unpaired) electrons. The highest BCUT2D eigenvalue weighted by molar-refractivity contribution is 7.80. The molecule has 1 heterocycles. The molecule has 3 N–H and O–H groups in total. The molecule has 0 spiro atoms. The molecule has 2 aromatic carbocycles. The highest BCUT2D eigenvalue weighted by Gasteiger charge is 2.25. The highest BCUT2D eigenvalue weighted by Crippen LogP contribution is 2.29. The van der Waals surface area contributed by atoms with E-state index in [2.05, 4.69) is 16.0 Å². The van der Waals surface area contributed by atoms with Gasteiger partial charge in [-0.25, -0.2) is 0 Å². The summed E-state index contributed by atoms with van der Waals surface area (Å²) in [5.41, 5.74) is 1.12. The van der Waals surface area contributed by atoms with Crippen LogP contribution in [0.4, 0.5) is 5.69 Å². The summed E-state index contributed by atoms with van der Waals surface area (Å²) in [5.74, 6) is -0.808. The van der Waals surface area contributed by atoms with Crippen molar-refractivity contribution in [1.82, 2.24) is 10.6 Å². The minimum Gasteiger partial charge on any atom is -0.493 e. The van der Waals surface area contributed by atoms with E-state index in [0.717, 1.165) is 0 Å². The molecule has 9 heteroatoms. The van der Waals surface area contributed by atoms with Gasteiger partial charge >= 0.3 is 0 Å². The van der Waals surface area contributed by atoms with Crippen LogP contribution >= 0.6 is 12.2 Å². The maximum absolute atomic E-state index is 12.0. The fourth-order valence-electron chi connectivity index (χ4n) is 2.53. The third-order valence-corrected chi connectivity index (χ3v) is 4.06. The average molecular weight is 411 g/mol. The highest BCUT2D eigenvalue weighted by atomic mass is 32.1. The summed E-state index contributed by atoms with van der Waals surface area (Å²) in [5, 5.41) is 7.41. The molecular formula is C20H17N3O5S. The Bertz CT molecular complexity index is 982. The van der Waals surface area contributed by atoms with E-state index in [9.17, 15) is 14.4 Å². The number of carbonyl (C=O) groups excluding carboxylic acids is 3. The van der Waals surface area contributed by atoms with Gasteiger partial charge in [0.15, 0.2) is 23.2 Å². The molecule has 3 rings (SSSR count). The Labute approximate surface area is 171 Å². The average Bonchev–Trinajstić information content (AvgIpc) is 2.70. The lowest BCUT2D eigenvalue weighted by Gasteiger charge is -2.16. The van der Waals surface area contributed by atoms with Gasteiger partial charge < -0.3 is 14.8 Å². The van der Waals surface area contributed by atoms with Gasteiger partial charge in [0, 0.05) is 5.69 Å². The standard InChI is InChI=1S/C20H17N3O5S/c1-27-16-10-12(9-14-18(25)22-20(29)23-19(14)26)7-8-15(16)28-11-17(24)21-13-5-3-2-4-6-13/h2-10H,11H2,1H3,(H,21,24)(H2,22,23,25,26,29). The number of para-hydroxylation sites is 1. The number of nitrogens with one attached hydrogen (secondary N) is 3. The van der Waals surface area contributed by atoms with E-state index in [1.807, 2.05) is 18.2 Å². The Morgan fingerprint density at radius 2 is 1.76 bits per heavy atom. The van der Waals surface area contributed by atoms with E-state index in [1.165, 1.54) is 13.2 Å². The molecule has 8 nitrogen and oxygen atoms in total. The first-order valence-electron chi connectivity index (χ1n) is 8.50. The number of hydrogen-bond acceptors (Lipinski definition) is 6. The van der Waals surface area contributed by atoms with E-state index in [4.69, 9.17) is 21.7 Å². The van der Waals surface area contributed by atoms with Crippen molar-refractivity contribution in [2.75, 3.05) is 19.0 Å². The Balaban J connectivity index is 1.69. The number of rotatable bonds is 6. The van der Waals surface area contributed by atoms with Crippen LogP contribution in [-0.4, -0.2) is 36.6 Å². The fourth-order valence-corrected chi connectivity index (χ4v) is 2.71. The lowest BCUT2D eigenvalue weighted by Crippen LogP contribution is -2.51.